The van der Waals surface area contributed by atoms with E-state index in [4.69, 9.17) is 10.00 Å². The van der Waals surface area contributed by atoms with Gasteiger partial charge in [0.25, 0.3) is 0 Å². The van der Waals surface area contributed by atoms with E-state index < -0.39 is 18.7 Å². The first-order valence-corrected chi connectivity index (χ1v) is 5.99. The van der Waals surface area contributed by atoms with Crippen molar-refractivity contribution in [2.24, 2.45) is 0 Å². The van der Waals surface area contributed by atoms with Gasteiger partial charge in [0.05, 0.1) is 18.1 Å². The van der Waals surface area contributed by atoms with E-state index in [1.165, 1.54) is 6.07 Å². The van der Waals surface area contributed by atoms with E-state index in [0.29, 0.717) is 11.3 Å². The molecule has 0 fully saturated rings. The highest BCUT2D eigenvalue weighted by Crippen LogP contribution is 2.18. The zero-order chi connectivity index (χ0) is 15.0. The molecular weight excluding hydrogens is 273 g/mol. The molecular formula is C13H15F3N2O2. The quantitative estimate of drug-likeness (QED) is 0.751. The molecule has 1 unspecified atom stereocenters. The van der Waals surface area contributed by atoms with Crippen LogP contribution < -0.4 is 10.1 Å². The first kappa shape index (κ1) is 16.3. The molecule has 0 aliphatic rings. The van der Waals surface area contributed by atoms with Crippen LogP contribution in [-0.2, 0) is 0 Å². The molecule has 110 valence electrons. The van der Waals surface area contributed by atoms with Gasteiger partial charge in [-0.25, -0.2) is 0 Å². The smallest absolute Gasteiger partial charge is 0.390 e. The number of alkyl halides is 3. The van der Waals surface area contributed by atoms with Crippen LogP contribution in [0, 0.1) is 11.3 Å². The summed E-state index contributed by atoms with van der Waals surface area (Å²) in [5.41, 5.74) is 0.431. The van der Waals surface area contributed by atoms with Gasteiger partial charge in [0.15, 0.2) is 0 Å². The van der Waals surface area contributed by atoms with Crippen molar-refractivity contribution in [1.29, 1.82) is 5.26 Å². The molecule has 4 nitrogen and oxygen atoms in total. The molecule has 20 heavy (non-hydrogen) atoms. The number of aliphatic hydroxyl groups is 1. The summed E-state index contributed by atoms with van der Waals surface area (Å²) in [5.74, 6) is 0.429. The summed E-state index contributed by atoms with van der Waals surface area (Å²) >= 11 is 0. The topological polar surface area (TPSA) is 65.3 Å². The normalized spacial score (nSPS) is 12.8. The van der Waals surface area contributed by atoms with Gasteiger partial charge in [-0.05, 0) is 18.2 Å². The fourth-order valence-electron chi connectivity index (χ4n) is 1.41. The molecule has 0 aliphatic carbocycles. The number of ether oxygens (including phenoxy) is 1. The maximum atomic E-state index is 11.9. The van der Waals surface area contributed by atoms with E-state index in [1.807, 2.05) is 6.07 Å². The summed E-state index contributed by atoms with van der Waals surface area (Å²) in [6.07, 6.45) is -6.06. The van der Waals surface area contributed by atoms with Crippen molar-refractivity contribution in [2.75, 3.05) is 19.7 Å². The van der Waals surface area contributed by atoms with Crippen LogP contribution in [-0.4, -0.2) is 37.1 Å². The zero-order valence-corrected chi connectivity index (χ0v) is 10.7. The molecule has 0 aliphatic heterocycles. The second kappa shape index (κ2) is 7.72. The molecule has 1 rings (SSSR count). The Morgan fingerprint density at radius 1 is 1.40 bits per heavy atom. The van der Waals surface area contributed by atoms with Crippen molar-refractivity contribution in [3.8, 4) is 11.8 Å². The fourth-order valence-corrected chi connectivity index (χ4v) is 1.41. The molecule has 0 amide bonds. The standard InChI is InChI=1S/C13H15F3N2O2/c14-13(15,16)4-5-18-8-11(19)9-20-12-3-1-2-10(6-12)7-17/h1-3,6,11,18-19H,4-5,8-9H2. The molecule has 0 saturated heterocycles. The molecule has 1 atom stereocenters. The van der Waals surface area contributed by atoms with Crippen LogP contribution in [0.3, 0.4) is 0 Å². The van der Waals surface area contributed by atoms with Crippen molar-refractivity contribution in [3.05, 3.63) is 29.8 Å². The summed E-state index contributed by atoms with van der Waals surface area (Å²) in [6.45, 7) is -0.299. The van der Waals surface area contributed by atoms with Crippen molar-refractivity contribution in [2.45, 2.75) is 18.7 Å². The second-order valence-corrected chi connectivity index (χ2v) is 4.17. The third-order valence-electron chi connectivity index (χ3n) is 2.37. The summed E-state index contributed by atoms with van der Waals surface area (Å²) < 4.78 is 40.8. The molecule has 7 heteroatoms. The lowest BCUT2D eigenvalue weighted by molar-refractivity contribution is -0.133. The van der Waals surface area contributed by atoms with Crippen molar-refractivity contribution >= 4 is 0 Å². The molecule has 0 saturated carbocycles. The lowest BCUT2D eigenvalue weighted by Gasteiger charge is -2.14. The van der Waals surface area contributed by atoms with Crippen molar-refractivity contribution in [3.63, 3.8) is 0 Å². The van der Waals surface area contributed by atoms with Gasteiger partial charge in [0.1, 0.15) is 18.5 Å². The molecule has 1 aromatic carbocycles. The van der Waals surface area contributed by atoms with E-state index >= 15 is 0 Å². The number of nitriles is 1. The second-order valence-electron chi connectivity index (χ2n) is 4.17. The Morgan fingerprint density at radius 3 is 2.80 bits per heavy atom. The van der Waals surface area contributed by atoms with Gasteiger partial charge in [0.2, 0.25) is 0 Å². The summed E-state index contributed by atoms with van der Waals surface area (Å²) in [7, 11) is 0. The first-order chi connectivity index (χ1) is 9.40. The largest absolute Gasteiger partial charge is 0.491 e. The van der Waals surface area contributed by atoms with Crippen LogP contribution in [0.2, 0.25) is 0 Å². The van der Waals surface area contributed by atoms with Crippen LogP contribution in [0.15, 0.2) is 24.3 Å². The van der Waals surface area contributed by atoms with Gasteiger partial charge >= 0.3 is 6.18 Å². The highest BCUT2D eigenvalue weighted by Gasteiger charge is 2.26. The SMILES string of the molecule is N#Cc1cccc(OCC(O)CNCCC(F)(F)F)c1. The molecule has 0 radical (unpaired) electrons. The van der Waals surface area contributed by atoms with Crippen LogP contribution >= 0.6 is 0 Å². The Hall–Kier alpha value is -1.78. The highest BCUT2D eigenvalue weighted by molar-refractivity contribution is 5.36. The van der Waals surface area contributed by atoms with E-state index in [2.05, 4.69) is 5.32 Å². The van der Waals surface area contributed by atoms with E-state index in [-0.39, 0.29) is 19.7 Å². The van der Waals surface area contributed by atoms with Crippen LogP contribution in [0.5, 0.6) is 5.75 Å². The minimum Gasteiger partial charge on any atom is -0.491 e. The lowest BCUT2D eigenvalue weighted by atomic mass is 10.2. The summed E-state index contributed by atoms with van der Waals surface area (Å²) in [5, 5.41) is 20.7. The van der Waals surface area contributed by atoms with Crippen LogP contribution in [0.1, 0.15) is 12.0 Å². The predicted molar refractivity (Wildman–Crippen MR) is 66.2 cm³/mol. The van der Waals surface area contributed by atoms with Gasteiger partial charge in [-0.1, -0.05) is 6.07 Å². The monoisotopic (exact) mass is 288 g/mol. The average molecular weight is 288 g/mol. The number of rotatable bonds is 7. The fraction of sp³-hybridized carbons (Fsp3) is 0.462. The third kappa shape index (κ3) is 6.97. The Morgan fingerprint density at radius 2 is 2.15 bits per heavy atom. The van der Waals surface area contributed by atoms with E-state index in [9.17, 15) is 18.3 Å². The highest BCUT2D eigenvalue weighted by atomic mass is 19.4. The van der Waals surface area contributed by atoms with Crippen molar-refractivity contribution in [1.82, 2.24) is 5.32 Å². The van der Waals surface area contributed by atoms with Gasteiger partial charge in [-0.2, -0.15) is 18.4 Å². The number of aliphatic hydroxyl groups excluding tert-OH is 1. The summed E-state index contributed by atoms with van der Waals surface area (Å²) in [4.78, 5) is 0. The first-order valence-electron chi connectivity index (χ1n) is 5.99. The number of hydrogen-bond acceptors (Lipinski definition) is 4. The number of hydrogen-bond donors (Lipinski definition) is 2. The van der Waals surface area contributed by atoms with Gasteiger partial charge in [0, 0.05) is 13.1 Å². The van der Waals surface area contributed by atoms with Crippen LogP contribution in [0.4, 0.5) is 13.2 Å². The molecule has 0 heterocycles. The van der Waals surface area contributed by atoms with Gasteiger partial charge in [-0.3, -0.25) is 0 Å². The Balaban J connectivity index is 2.23. The summed E-state index contributed by atoms with van der Waals surface area (Å²) in [6, 6.07) is 8.35. The number of nitrogens with one attached hydrogen (secondary N) is 1. The third-order valence-corrected chi connectivity index (χ3v) is 2.37. The average Bonchev–Trinajstić information content (AvgIpc) is 2.40. The zero-order valence-electron chi connectivity index (χ0n) is 10.7. The maximum absolute atomic E-state index is 11.9. The molecule has 0 aromatic heterocycles. The van der Waals surface area contributed by atoms with Gasteiger partial charge < -0.3 is 15.2 Å². The minimum atomic E-state index is -4.20. The molecule has 0 bridgehead atoms. The van der Waals surface area contributed by atoms with E-state index in [1.54, 1.807) is 18.2 Å². The lowest BCUT2D eigenvalue weighted by Crippen LogP contribution is -2.33. The molecule has 2 N–H and O–H groups in total. The Kier molecular flexibility index (Phi) is 6.28. The maximum Gasteiger partial charge on any atom is 0.390 e. The number of nitrogens with zero attached hydrogens (tertiary/aromatic N) is 1. The number of benzene rings is 1. The predicted octanol–water partition coefficient (Wildman–Crippen LogP) is 1.84. The minimum absolute atomic E-state index is 0.00796. The van der Waals surface area contributed by atoms with E-state index in [0.717, 1.165) is 0 Å². The Labute approximate surface area is 114 Å². The Bertz CT molecular complexity index is 458. The molecule has 0 spiro atoms. The van der Waals surface area contributed by atoms with Crippen molar-refractivity contribution < 1.29 is 23.0 Å². The number of halogens is 3. The van der Waals surface area contributed by atoms with Crippen LogP contribution in [0.25, 0.3) is 0 Å². The molecule has 1 aromatic rings. The van der Waals surface area contributed by atoms with Gasteiger partial charge in [-0.15, -0.1) is 0 Å².